The van der Waals surface area contributed by atoms with E-state index < -0.39 is 11.7 Å². The van der Waals surface area contributed by atoms with E-state index in [1.165, 1.54) is 30.0 Å². The maximum absolute atomic E-state index is 13.4. The normalized spacial score (nSPS) is 13.4. The van der Waals surface area contributed by atoms with Crippen molar-refractivity contribution in [2.45, 2.75) is 29.3 Å². The lowest BCUT2D eigenvalue weighted by Crippen LogP contribution is -2.31. The molecule has 5 nitrogen and oxygen atoms in total. The van der Waals surface area contributed by atoms with Gasteiger partial charge in [0.2, 0.25) is 5.82 Å². The van der Waals surface area contributed by atoms with Crippen molar-refractivity contribution in [2.75, 3.05) is 11.4 Å². The van der Waals surface area contributed by atoms with Gasteiger partial charge in [0, 0.05) is 21.9 Å². The van der Waals surface area contributed by atoms with Gasteiger partial charge in [-0.05, 0) is 48.9 Å². The molecule has 172 valence electrons. The maximum atomic E-state index is 13.4. The third-order valence-corrected chi connectivity index (χ3v) is 6.55. The van der Waals surface area contributed by atoms with Crippen LogP contribution in [0.15, 0.2) is 81.0 Å². The molecule has 1 aromatic heterocycles. The Bertz CT molecular complexity index is 1380. The van der Waals surface area contributed by atoms with Gasteiger partial charge >= 0.3 is 6.18 Å². The fourth-order valence-electron chi connectivity index (χ4n) is 3.88. The van der Waals surface area contributed by atoms with Crippen LogP contribution in [0.1, 0.15) is 29.3 Å². The van der Waals surface area contributed by atoms with E-state index >= 15 is 0 Å². The number of alkyl halides is 3. The maximum Gasteiger partial charge on any atom is 0.417 e. The summed E-state index contributed by atoms with van der Waals surface area (Å²) in [5.74, 6) is -0.109. The van der Waals surface area contributed by atoms with Crippen LogP contribution < -0.4 is 4.90 Å². The highest BCUT2D eigenvalue weighted by Crippen LogP contribution is 2.43. The van der Waals surface area contributed by atoms with Crippen LogP contribution in [0.3, 0.4) is 0 Å². The van der Waals surface area contributed by atoms with Crippen LogP contribution in [0.5, 0.6) is 0 Å². The van der Waals surface area contributed by atoms with Gasteiger partial charge in [-0.1, -0.05) is 48.1 Å². The SMILES string of the molecule is CCCN1C(=O)c2ccccc2Sc2cc(-c3noc(-c4ccccc4C(F)(F)F)n3)ccc21. The van der Waals surface area contributed by atoms with Gasteiger partial charge in [-0.3, -0.25) is 4.79 Å². The van der Waals surface area contributed by atoms with Crippen molar-refractivity contribution >= 4 is 23.4 Å². The molecular weight excluding hydrogens is 463 g/mol. The van der Waals surface area contributed by atoms with E-state index in [4.69, 9.17) is 4.52 Å². The van der Waals surface area contributed by atoms with Gasteiger partial charge in [0.05, 0.1) is 22.4 Å². The molecule has 34 heavy (non-hydrogen) atoms. The van der Waals surface area contributed by atoms with Crippen molar-refractivity contribution < 1.29 is 22.5 Å². The Labute approximate surface area is 197 Å². The number of hydrogen-bond donors (Lipinski definition) is 0. The lowest BCUT2D eigenvalue weighted by molar-refractivity contribution is -0.137. The molecule has 0 spiro atoms. The molecule has 1 aliphatic heterocycles. The summed E-state index contributed by atoms with van der Waals surface area (Å²) in [4.78, 5) is 20.8. The van der Waals surface area contributed by atoms with Gasteiger partial charge in [-0.25, -0.2) is 0 Å². The van der Waals surface area contributed by atoms with Crippen molar-refractivity contribution in [1.82, 2.24) is 10.1 Å². The number of amides is 1. The lowest BCUT2D eigenvalue weighted by Gasteiger charge is -2.22. The van der Waals surface area contributed by atoms with Crippen LogP contribution in [0.25, 0.3) is 22.8 Å². The third kappa shape index (κ3) is 3.96. The standard InChI is InChI=1S/C25H18F3N3O2S/c1-2-13-31-19-12-11-15(14-21(19)34-20-10-6-4-8-17(20)24(31)32)22-29-23(33-30-22)16-7-3-5-9-18(16)25(26,27)28/h3-12,14H,2,13H2,1H3. The molecule has 0 N–H and O–H groups in total. The number of anilines is 1. The minimum atomic E-state index is -4.55. The molecule has 0 unspecified atom stereocenters. The molecule has 0 aliphatic carbocycles. The Morgan fingerprint density at radius 3 is 2.47 bits per heavy atom. The Hall–Kier alpha value is -3.59. The van der Waals surface area contributed by atoms with Gasteiger partial charge in [0.1, 0.15) is 0 Å². The summed E-state index contributed by atoms with van der Waals surface area (Å²) >= 11 is 1.46. The lowest BCUT2D eigenvalue weighted by atomic mass is 10.1. The molecule has 3 aromatic carbocycles. The molecule has 0 fully saturated rings. The van der Waals surface area contributed by atoms with Crippen molar-refractivity contribution in [3.05, 3.63) is 77.9 Å². The second-order valence-corrected chi connectivity index (χ2v) is 8.79. The second-order valence-electron chi connectivity index (χ2n) is 7.70. The van der Waals surface area contributed by atoms with Crippen molar-refractivity contribution in [2.24, 2.45) is 0 Å². The van der Waals surface area contributed by atoms with Crippen LogP contribution in [-0.2, 0) is 6.18 Å². The fraction of sp³-hybridized carbons (Fsp3) is 0.160. The molecule has 0 atom stereocenters. The molecule has 2 heterocycles. The minimum Gasteiger partial charge on any atom is -0.334 e. The van der Waals surface area contributed by atoms with Crippen LogP contribution in [0, 0.1) is 0 Å². The number of carbonyl (C=O) groups is 1. The van der Waals surface area contributed by atoms with Crippen molar-refractivity contribution in [3.63, 3.8) is 0 Å². The number of nitrogens with zero attached hydrogens (tertiary/aromatic N) is 3. The fourth-order valence-corrected chi connectivity index (χ4v) is 4.99. The van der Waals surface area contributed by atoms with Gasteiger partial charge in [0.15, 0.2) is 0 Å². The summed E-state index contributed by atoms with van der Waals surface area (Å²) in [6, 6.07) is 17.9. The first-order chi connectivity index (χ1) is 16.4. The number of carbonyl (C=O) groups excluding carboxylic acids is 1. The summed E-state index contributed by atoms with van der Waals surface area (Å²) in [6.07, 6.45) is -3.76. The van der Waals surface area contributed by atoms with Crippen LogP contribution in [-0.4, -0.2) is 22.6 Å². The highest BCUT2D eigenvalue weighted by molar-refractivity contribution is 7.99. The third-order valence-electron chi connectivity index (χ3n) is 5.43. The monoisotopic (exact) mass is 481 g/mol. The van der Waals surface area contributed by atoms with Gasteiger partial charge in [-0.15, -0.1) is 0 Å². The van der Waals surface area contributed by atoms with Crippen LogP contribution in [0.4, 0.5) is 18.9 Å². The van der Waals surface area contributed by atoms with Gasteiger partial charge in [-0.2, -0.15) is 18.2 Å². The molecule has 1 amide bonds. The average Bonchev–Trinajstić information content (AvgIpc) is 3.28. The van der Waals surface area contributed by atoms with E-state index in [0.29, 0.717) is 17.7 Å². The Kier molecular flexibility index (Phi) is 5.65. The average molecular weight is 481 g/mol. The summed E-state index contributed by atoms with van der Waals surface area (Å²) in [7, 11) is 0. The Morgan fingerprint density at radius 2 is 1.71 bits per heavy atom. The number of aromatic nitrogens is 2. The topological polar surface area (TPSA) is 59.2 Å². The van der Waals surface area contributed by atoms with Gasteiger partial charge in [0.25, 0.3) is 11.8 Å². The van der Waals surface area contributed by atoms with Gasteiger partial charge < -0.3 is 9.42 Å². The predicted molar refractivity (Wildman–Crippen MR) is 123 cm³/mol. The Balaban J connectivity index is 1.57. The first-order valence-corrected chi connectivity index (χ1v) is 11.4. The zero-order chi connectivity index (χ0) is 23.9. The zero-order valence-corrected chi connectivity index (χ0v) is 18.8. The molecule has 0 bridgehead atoms. The van der Waals surface area contributed by atoms with E-state index in [-0.39, 0.29) is 23.2 Å². The first-order valence-electron chi connectivity index (χ1n) is 10.6. The molecule has 0 saturated carbocycles. The number of fused-ring (bicyclic) bond motifs is 2. The number of hydrogen-bond acceptors (Lipinski definition) is 5. The molecule has 5 rings (SSSR count). The van der Waals surface area contributed by atoms with E-state index in [1.807, 2.05) is 43.3 Å². The van der Waals surface area contributed by atoms with E-state index in [1.54, 1.807) is 11.0 Å². The van der Waals surface area contributed by atoms with Crippen LogP contribution in [0.2, 0.25) is 0 Å². The molecule has 1 aliphatic rings. The number of halogens is 3. The number of benzene rings is 3. The summed E-state index contributed by atoms with van der Waals surface area (Å²) < 4.78 is 45.5. The molecule has 4 aromatic rings. The first kappa shape index (κ1) is 22.2. The van der Waals surface area contributed by atoms with Crippen LogP contribution >= 0.6 is 11.8 Å². The summed E-state index contributed by atoms with van der Waals surface area (Å²) in [5, 5.41) is 3.93. The molecule has 0 radical (unpaired) electrons. The zero-order valence-electron chi connectivity index (χ0n) is 18.0. The predicted octanol–water partition coefficient (Wildman–Crippen LogP) is 6.94. The molecular formula is C25H18F3N3O2S. The summed E-state index contributed by atoms with van der Waals surface area (Å²) in [6.45, 7) is 2.56. The highest BCUT2D eigenvalue weighted by atomic mass is 32.2. The highest BCUT2D eigenvalue weighted by Gasteiger charge is 2.35. The smallest absolute Gasteiger partial charge is 0.334 e. The second kappa shape index (κ2) is 8.64. The minimum absolute atomic E-state index is 0.0675. The molecule has 0 saturated heterocycles. The van der Waals surface area contributed by atoms with E-state index in [2.05, 4.69) is 10.1 Å². The summed E-state index contributed by atoms with van der Waals surface area (Å²) in [5.41, 5.74) is 0.959. The van der Waals surface area contributed by atoms with E-state index in [9.17, 15) is 18.0 Å². The van der Waals surface area contributed by atoms with E-state index in [0.717, 1.165) is 28.0 Å². The molecule has 9 heteroatoms. The Morgan fingerprint density at radius 1 is 0.971 bits per heavy atom. The largest absolute Gasteiger partial charge is 0.417 e. The number of rotatable bonds is 4. The quantitative estimate of drug-likeness (QED) is 0.316. The van der Waals surface area contributed by atoms with Crippen molar-refractivity contribution in [1.29, 1.82) is 0 Å². The van der Waals surface area contributed by atoms with Crippen molar-refractivity contribution in [3.8, 4) is 22.8 Å².